The lowest BCUT2D eigenvalue weighted by atomic mass is 9.94. The van der Waals surface area contributed by atoms with Crippen LogP contribution in [0.4, 0.5) is 10.5 Å². The number of carbonyl (C=O) groups is 2. The minimum atomic E-state index is -4.20. The van der Waals surface area contributed by atoms with Crippen LogP contribution < -0.4 is 5.32 Å². The molecule has 0 aliphatic carbocycles. The van der Waals surface area contributed by atoms with Crippen LogP contribution in [0.2, 0.25) is 0 Å². The number of nitrogens with one attached hydrogen (secondary N) is 1. The summed E-state index contributed by atoms with van der Waals surface area (Å²) in [5.41, 5.74) is 2.24. The van der Waals surface area contributed by atoms with Gasteiger partial charge in [-0.05, 0) is 29.3 Å². The molecule has 2 aromatic carbocycles. The van der Waals surface area contributed by atoms with Crippen molar-refractivity contribution in [2.75, 3.05) is 17.7 Å². The number of hydrogen-bond acceptors (Lipinski definition) is 6. The van der Waals surface area contributed by atoms with Gasteiger partial charge in [0.1, 0.15) is 26.8 Å². The van der Waals surface area contributed by atoms with Crippen molar-refractivity contribution < 1.29 is 32.0 Å². The van der Waals surface area contributed by atoms with Gasteiger partial charge in [0.05, 0.1) is 5.56 Å². The van der Waals surface area contributed by atoms with Crippen LogP contribution in [0.5, 0.6) is 0 Å². The van der Waals surface area contributed by atoms with E-state index >= 15 is 0 Å². The smallest absolute Gasteiger partial charge is 0.411 e. The van der Waals surface area contributed by atoms with Gasteiger partial charge in [0.2, 0.25) is 0 Å². The van der Waals surface area contributed by atoms with Crippen LogP contribution >= 0.6 is 0 Å². The Morgan fingerprint density at radius 2 is 1.79 bits per heavy atom. The summed E-state index contributed by atoms with van der Waals surface area (Å²) in [6.45, 7) is -0.322. The van der Waals surface area contributed by atoms with E-state index in [1.807, 2.05) is 38.2 Å². The molecule has 0 saturated carbocycles. The van der Waals surface area contributed by atoms with Crippen LogP contribution in [0.15, 0.2) is 48.5 Å². The molecule has 0 atom stereocenters. The van der Waals surface area contributed by atoms with Gasteiger partial charge < -0.3 is 9.47 Å². The third-order valence-electron chi connectivity index (χ3n) is 3.75. The van der Waals surface area contributed by atoms with E-state index in [0.29, 0.717) is 17.6 Å². The lowest BCUT2D eigenvalue weighted by Crippen LogP contribution is -2.16. The molecule has 0 aliphatic heterocycles. The van der Waals surface area contributed by atoms with Gasteiger partial charge in [0.25, 0.3) is 10.1 Å². The number of benzene rings is 2. The summed E-state index contributed by atoms with van der Waals surface area (Å²) in [4.78, 5) is 24.0. The van der Waals surface area contributed by atoms with Gasteiger partial charge in [0, 0.05) is 5.69 Å². The van der Waals surface area contributed by atoms with E-state index in [2.05, 4.69) is 5.32 Å². The van der Waals surface area contributed by atoms with Crippen LogP contribution in [-0.4, -0.2) is 45.2 Å². The molecule has 0 heterocycles. The zero-order valence-corrected chi connectivity index (χ0v) is 16.1. The average molecular weight is 405 g/mol. The first-order valence-electron chi connectivity index (χ1n) is 8.51. The number of amides is 1. The Balaban J connectivity index is 1.96. The van der Waals surface area contributed by atoms with E-state index in [9.17, 15) is 18.0 Å². The maximum Gasteiger partial charge on any atom is 0.411 e. The van der Waals surface area contributed by atoms with Crippen LogP contribution in [0.25, 0.3) is 0 Å². The molecule has 1 amide bonds. The molecule has 148 valence electrons. The fraction of sp³-hybridized carbons (Fsp3) is 0.222. The number of hydrogen-bond donors (Lipinski definition) is 2. The van der Waals surface area contributed by atoms with Gasteiger partial charge >= 0.3 is 12.1 Å². The summed E-state index contributed by atoms with van der Waals surface area (Å²) in [5.74, 6) is -1.40. The molecule has 10 heteroatoms. The molecule has 2 rings (SSSR count). The van der Waals surface area contributed by atoms with E-state index in [1.54, 1.807) is 12.1 Å². The van der Waals surface area contributed by atoms with Gasteiger partial charge in [-0.1, -0.05) is 36.7 Å². The monoisotopic (exact) mass is 405 g/mol. The van der Waals surface area contributed by atoms with Gasteiger partial charge in [-0.15, -0.1) is 0 Å². The van der Waals surface area contributed by atoms with Crippen molar-refractivity contribution in [3.63, 3.8) is 0 Å². The lowest BCUT2D eigenvalue weighted by Gasteiger charge is -2.12. The highest BCUT2D eigenvalue weighted by atomic mass is 32.2. The summed E-state index contributed by atoms with van der Waals surface area (Å²) in [6, 6.07) is 13.8. The highest BCUT2D eigenvalue weighted by Gasteiger charge is 2.14. The Morgan fingerprint density at radius 1 is 1.07 bits per heavy atom. The normalized spacial score (nSPS) is 10.9. The highest BCUT2D eigenvalue weighted by molar-refractivity contribution is 7.85. The number of ether oxygens (including phenoxy) is 2. The zero-order chi connectivity index (χ0) is 20.6. The number of anilines is 1. The Morgan fingerprint density at radius 3 is 2.43 bits per heavy atom. The molecule has 2 N–H and O–H groups in total. The Labute approximate surface area is 164 Å². The van der Waals surface area contributed by atoms with Gasteiger partial charge in [-0.25, -0.2) is 9.59 Å². The third kappa shape index (κ3) is 7.05. The standard InChI is InChI=1S/C18H20BNO7S/c19-11-15-10-14(17(21)26-8-9-28(23,24)25)6-7-16(15)20-18(22)27-12-13-4-2-1-3-5-13/h1-7,10H,8-9,11-12,19H2,(H,20,22)(H,23,24,25). The van der Waals surface area contributed by atoms with Crippen molar-refractivity contribution in [1.82, 2.24) is 0 Å². The van der Waals surface area contributed by atoms with E-state index in [1.165, 1.54) is 6.07 Å². The number of rotatable bonds is 8. The van der Waals surface area contributed by atoms with Gasteiger partial charge in [0.15, 0.2) is 0 Å². The molecule has 0 saturated heterocycles. The van der Waals surface area contributed by atoms with Crippen molar-refractivity contribution in [2.45, 2.75) is 12.9 Å². The average Bonchev–Trinajstić information content (AvgIpc) is 2.66. The van der Waals surface area contributed by atoms with Gasteiger partial charge in [-0.2, -0.15) is 8.42 Å². The predicted molar refractivity (Wildman–Crippen MR) is 106 cm³/mol. The lowest BCUT2D eigenvalue weighted by molar-refractivity contribution is 0.0528. The van der Waals surface area contributed by atoms with Crippen molar-refractivity contribution >= 4 is 35.7 Å². The molecule has 8 nitrogen and oxygen atoms in total. The second kappa shape index (κ2) is 9.91. The largest absolute Gasteiger partial charge is 0.461 e. The molecule has 0 spiro atoms. The van der Waals surface area contributed by atoms with Crippen molar-refractivity contribution in [3.05, 3.63) is 65.2 Å². The van der Waals surface area contributed by atoms with Crippen molar-refractivity contribution in [3.8, 4) is 0 Å². The first kappa shape index (κ1) is 21.5. The van der Waals surface area contributed by atoms with Crippen LogP contribution in [-0.2, 0) is 32.5 Å². The van der Waals surface area contributed by atoms with Crippen molar-refractivity contribution in [1.29, 1.82) is 0 Å². The van der Waals surface area contributed by atoms with E-state index in [4.69, 9.17) is 14.0 Å². The minimum absolute atomic E-state index is 0.131. The Bertz CT molecular complexity index is 932. The Kier molecular flexibility index (Phi) is 7.59. The molecule has 0 fully saturated rings. The second-order valence-electron chi connectivity index (χ2n) is 5.83. The van der Waals surface area contributed by atoms with Crippen LogP contribution in [0.1, 0.15) is 21.5 Å². The molecular formula is C18H20BNO7S. The molecule has 0 aromatic heterocycles. The first-order valence-corrected chi connectivity index (χ1v) is 10.1. The second-order valence-corrected chi connectivity index (χ2v) is 7.41. The quantitative estimate of drug-likeness (QED) is 0.389. The summed E-state index contributed by atoms with van der Waals surface area (Å²) in [7, 11) is -2.35. The minimum Gasteiger partial charge on any atom is -0.461 e. The fourth-order valence-electron chi connectivity index (χ4n) is 2.33. The fourth-order valence-corrected chi connectivity index (χ4v) is 2.62. The summed E-state index contributed by atoms with van der Waals surface area (Å²) < 4.78 is 39.9. The predicted octanol–water partition coefficient (Wildman–Crippen LogP) is 1.61. The van der Waals surface area contributed by atoms with Crippen LogP contribution in [0.3, 0.4) is 0 Å². The van der Waals surface area contributed by atoms with E-state index < -0.39 is 34.5 Å². The summed E-state index contributed by atoms with van der Waals surface area (Å²) >= 11 is 0. The van der Waals surface area contributed by atoms with E-state index in [0.717, 1.165) is 5.56 Å². The molecule has 0 unspecified atom stereocenters. The van der Waals surface area contributed by atoms with Crippen LogP contribution in [0, 0.1) is 0 Å². The van der Waals surface area contributed by atoms with E-state index in [-0.39, 0.29) is 12.2 Å². The maximum atomic E-state index is 12.0. The molecule has 0 radical (unpaired) electrons. The molecule has 0 bridgehead atoms. The number of carbonyl (C=O) groups excluding carboxylic acids is 2. The van der Waals surface area contributed by atoms with Crippen molar-refractivity contribution in [2.24, 2.45) is 0 Å². The number of esters is 1. The summed E-state index contributed by atoms with van der Waals surface area (Å²) in [6.07, 6.45) is -0.0949. The molecule has 0 aliphatic rings. The zero-order valence-electron chi connectivity index (χ0n) is 15.3. The maximum absolute atomic E-state index is 12.0. The summed E-state index contributed by atoms with van der Waals surface area (Å²) in [5, 5.41) is 2.64. The first-order chi connectivity index (χ1) is 13.3. The molecule has 28 heavy (non-hydrogen) atoms. The highest BCUT2D eigenvalue weighted by Crippen LogP contribution is 2.19. The molecule has 2 aromatic rings. The SMILES string of the molecule is BCc1cc(C(=O)OCCS(=O)(=O)O)ccc1NC(=O)OCc1ccccc1. The third-order valence-corrected chi connectivity index (χ3v) is 4.43. The topological polar surface area (TPSA) is 119 Å². The Hall–Kier alpha value is -2.85. The molecular weight excluding hydrogens is 385 g/mol. The van der Waals surface area contributed by atoms with Gasteiger partial charge in [-0.3, -0.25) is 9.87 Å².